The molecule has 0 heterocycles. The molecule has 0 aromatic carbocycles. The zero-order valence-electron chi connectivity index (χ0n) is 4.97. The summed E-state index contributed by atoms with van der Waals surface area (Å²) in [5, 5.41) is 3.72. The standard InChI is InChI=1S/C6H11ClS/c1-4-8(5-2)6(3)7/h4-6,8H,1-2H2,3H3. The minimum Gasteiger partial charge on any atom is -0.198 e. The Labute approximate surface area is 58.6 Å². The van der Waals surface area contributed by atoms with Crippen molar-refractivity contribution in [3.8, 4) is 0 Å². The van der Waals surface area contributed by atoms with Gasteiger partial charge in [-0.3, -0.25) is 0 Å². The second-order valence-electron chi connectivity index (χ2n) is 1.39. The molecule has 0 saturated carbocycles. The maximum Gasteiger partial charge on any atom is 0.0649 e. The Balaban J connectivity index is 3.68. The van der Waals surface area contributed by atoms with Crippen LogP contribution < -0.4 is 0 Å². The van der Waals surface area contributed by atoms with E-state index >= 15 is 0 Å². The third-order valence-corrected chi connectivity index (χ3v) is 3.17. The SMILES string of the molecule is C=C[SH](C=C)C(C)Cl. The molecule has 1 unspecified atom stereocenters. The van der Waals surface area contributed by atoms with Gasteiger partial charge in [-0.25, -0.2) is 0 Å². The first-order chi connectivity index (χ1) is 3.72. The van der Waals surface area contributed by atoms with Crippen molar-refractivity contribution in [2.24, 2.45) is 0 Å². The van der Waals surface area contributed by atoms with Gasteiger partial charge in [-0.05, 0) is 6.92 Å². The Morgan fingerprint density at radius 3 is 1.88 bits per heavy atom. The highest BCUT2D eigenvalue weighted by molar-refractivity contribution is 8.23. The maximum atomic E-state index is 5.73. The first kappa shape index (κ1) is 8.12. The van der Waals surface area contributed by atoms with Gasteiger partial charge in [0.15, 0.2) is 0 Å². The molecule has 0 amide bonds. The molecule has 0 saturated heterocycles. The van der Waals surface area contributed by atoms with E-state index in [0.717, 1.165) is 0 Å². The molecular formula is C6H11ClS. The molecule has 0 aliphatic heterocycles. The minimum absolute atomic E-state index is 0.181. The molecule has 0 bridgehead atoms. The zero-order chi connectivity index (χ0) is 6.57. The molecule has 2 heteroatoms. The smallest absolute Gasteiger partial charge is 0.0649 e. The van der Waals surface area contributed by atoms with Crippen LogP contribution in [0.25, 0.3) is 0 Å². The quantitative estimate of drug-likeness (QED) is 0.464. The Kier molecular flexibility index (Phi) is 4.11. The third kappa shape index (κ3) is 2.43. The van der Waals surface area contributed by atoms with Crippen LogP contribution in [-0.4, -0.2) is 4.71 Å². The van der Waals surface area contributed by atoms with E-state index in [1.807, 2.05) is 17.7 Å². The van der Waals surface area contributed by atoms with E-state index in [4.69, 9.17) is 11.6 Å². The molecule has 0 aromatic heterocycles. The molecule has 48 valence electrons. The van der Waals surface area contributed by atoms with Gasteiger partial charge < -0.3 is 0 Å². The average Bonchev–Trinajstić information content (AvgIpc) is 1.69. The lowest BCUT2D eigenvalue weighted by Crippen LogP contribution is -1.84. The van der Waals surface area contributed by atoms with Crippen molar-refractivity contribution in [3.63, 3.8) is 0 Å². The lowest BCUT2D eigenvalue weighted by molar-refractivity contribution is 1.40. The van der Waals surface area contributed by atoms with Crippen molar-refractivity contribution in [1.29, 1.82) is 0 Å². The molecule has 1 atom stereocenters. The summed E-state index contributed by atoms with van der Waals surface area (Å²) in [6.07, 6.45) is 0. The Morgan fingerprint density at radius 2 is 1.88 bits per heavy atom. The molecule has 0 N–H and O–H groups in total. The second-order valence-corrected chi connectivity index (χ2v) is 4.74. The molecule has 0 aliphatic rings. The molecule has 0 fully saturated rings. The molecule has 0 radical (unpaired) electrons. The highest BCUT2D eigenvalue weighted by Gasteiger charge is 1.98. The molecule has 0 rings (SSSR count). The number of hydrogen-bond donors (Lipinski definition) is 1. The zero-order valence-corrected chi connectivity index (χ0v) is 6.62. The van der Waals surface area contributed by atoms with Crippen LogP contribution in [0.2, 0.25) is 0 Å². The van der Waals surface area contributed by atoms with Crippen LogP contribution in [-0.2, 0) is 0 Å². The normalized spacial score (nSPS) is 14.5. The predicted octanol–water partition coefficient (Wildman–Crippen LogP) is 2.86. The highest BCUT2D eigenvalue weighted by Crippen LogP contribution is 2.35. The molecule has 0 nitrogen and oxygen atoms in total. The van der Waals surface area contributed by atoms with Crippen molar-refractivity contribution in [2.45, 2.75) is 11.6 Å². The van der Waals surface area contributed by atoms with E-state index in [1.54, 1.807) is 0 Å². The average molecular weight is 151 g/mol. The fourth-order valence-electron chi connectivity index (χ4n) is 0.365. The summed E-state index contributed by atoms with van der Waals surface area (Å²) >= 11 is 5.73. The molecule has 0 spiro atoms. The van der Waals surface area contributed by atoms with Crippen molar-refractivity contribution >= 4 is 22.5 Å². The summed E-state index contributed by atoms with van der Waals surface area (Å²) in [7, 11) is -0.322. The van der Waals surface area contributed by atoms with Crippen LogP contribution in [0.4, 0.5) is 0 Å². The van der Waals surface area contributed by atoms with Gasteiger partial charge in [0.05, 0.1) is 4.71 Å². The van der Waals surface area contributed by atoms with Crippen molar-refractivity contribution < 1.29 is 0 Å². The van der Waals surface area contributed by atoms with E-state index in [1.165, 1.54) is 0 Å². The van der Waals surface area contributed by atoms with Crippen LogP contribution in [0.5, 0.6) is 0 Å². The first-order valence-electron chi connectivity index (χ1n) is 2.39. The Bertz CT molecular complexity index is 80.5. The highest BCUT2D eigenvalue weighted by atomic mass is 35.5. The summed E-state index contributed by atoms with van der Waals surface area (Å²) < 4.78 is 0.181. The number of alkyl halides is 1. The summed E-state index contributed by atoms with van der Waals surface area (Å²) in [5.41, 5.74) is 0. The van der Waals surface area contributed by atoms with Gasteiger partial charge in [0.1, 0.15) is 0 Å². The molecule has 0 aliphatic carbocycles. The number of hydrogen-bond acceptors (Lipinski definition) is 0. The minimum atomic E-state index is -0.322. The Hall–Kier alpha value is 0.120. The van der Waals surface area contributed by atoms with Crippen LogP contribution in [0.3, 0.4) is 0 Å². The van der Waals surface area contributed by atoms with Gasteiger partial charge in [-0.2, -0.15) is 10.9 Å². The Morgan fingerprint density at radius 1 is 1.50 bits per heavy atom. The van der Waals surface area contributed by atoms with Crippen molar-refractivity contribution in [1.82, 2.24) is 0 Å². The monoisotopic (exact) mass is 150 g/mol. The van der Waals surface area contributed by atoms with E-state index in [2.05, 4.69) is 13.2 Å². The van der Waals surface area contributed by atoms with Gasteiger partial charge in [0, 0.05) is 0 Å². The van der Waals surface area contributed by atoms with Crippen molar-refractivity contribution in [2.75, 3.05) is 0 Å². The van der Waals surface area contributed by atoms with Crippen LogP contribution >= 0.6 is 22.5 Å². The van der Waals surface area contributed by atoms with Gasteiger partial charge >= 0.3 is 0 Å². The van der Waals surface area contributed by atoms with Gasteiger partial charge in [-0.1, -0.05) is 24.0 Å². The fraction of sp³-hybridized carbons (Fsp3) is 0.333. The van der Waals surface area contributed by atoms with E-state index in [0.29, 0.717) is 0 Å². The summed E-state index contributed by atoms with van der Waals surface area (Å²) in [6.45, 7) is 9.21. The van der Waals surface area contributed by atoms with E-state index in [-0.39, 0.29) is 15.6 Å². The van der Waals surface area contributed by atoms with Crippen LogP contribution in [0, 0.1) is 0 Å². The number of rotatable bonds is 3. The lowest BCUT2D eigenvalue weighted by Gasteiger charge is -2.12. The largest absolute Gasteiger partial charge is 0.198 e. The second kappa shape index (κ2) is 4.04. The topological polar surface area (TPSA) is 0 Å². The predicted molar refractivity (Wildman–Crippen MR) is 44.7 cm³/mol. The van der Waals surface area contributed by atoms with Crippen molar-refractivity contribution in [3.05, 3.63) is 24.0 Å². The first-order valence-corrected chi connectivity index (χ1v) is 4.37. The summed E-state index contributed by atoms with van der Waals surface area (Å²) in [4.78, 5) is 0. The van der Waals surface area contributed by atoms with Crippen LogP contribution in [0.1, 0.15) is 6.92 Å². The van der Waals surface area contributed by atoms with Gasteiger partial charge in [0.25, 0.3) is 0 Å². The number of thiol groups is 1. The maximum absolute atomic E-state index is 5.73. The van der Waals surface area contributed by atoms with E-state index in [9.17, 15) is 0 Å². The van der Waals surface area contributed by atoms with Gasteiger partial charge in [0.2, 0.25) is 0 Å². The molecule has 8 heavy (non-hydrogen) atoms. The fourth-order valence-corrected chi connectivity index (χ4v) is 1.57. The summed E-state index contributed by atoms with van der Waals surface area (Å²) in [6, 6.07) is 0. The summed E-state index contributed by atoms with van der Waals surface area (Å²) in [5.74, 6) is 0. The number of halogens is 1. The molecular weight excluding hydrogens is 140 g/mol. The molecule has 0 aromatic rings. The van der Waals surface area contributed by atoms with Crippen LogP contribution in [0.15, 0.2) is 24.0 Å². The van der Waals surface area contributed by atoms with E-state index < -0.39 is 0 Å². The third-order valence-electron chi connectivity index (χ3n) is 0.832. The van der Waals surface area contributed by atoms with Gasteiger partial charge in [-0.15, -0.1) is 11.6 Å². The lowest BCUT2D eigenvalue weighted by atomic mass is 11.0.